The highest BCUT2D eigenvalue weighted by molar-refractivity contribution is 7.10. The number of hydrogen-bond donors (Lipinski definition) is 2. The molecule has 0 bridgehead atoms. The van der Waals surface area contributed by atoms with Crippen LogP contribution in [0.25, 0.3) is 0 Å². The lowest BCUT2D eigenvalue weighted by Crippen LogP contribution is -2.14. The van der Waals surface area contributed by atoms with Crippen molar-refractivity contribution in [3.8, 4) is 0 Å². The molecule has 0 aromatic carbocycles. The highest BCUT2D eigenvalue weighted by Crippen LogP contribution is 2.16. The summed E-state index contributed by atoms with van der Waals surface area (Å²) in [5.41, 5.74) is 0.126. The third-order valence-electron chi connectivity index (χ3n) is 1.93. The Morgan fingerprint density at radius 3 is 2.94 bits per heavy atom. The first-order chi connectivity index (χ1) is 8.20. The van der Waals surface area contributed by atoms with Crippen molar-refractivity contribution in [2.75, 3.05) is 17.7 Å². The molecule has 2 heterocycles. The number of carbonyl (C=O) groups excluding carboxylic acids is 1. The minimum absolute atomic E-state index is 0.126. The van der Waals surface area contributed by atoms with Crippen molar-refractivity contribution in [2.24, 2.45) is 0 Å². The molecular formula is C9H8FN5OS. The van der Waals surface area contributed by atoms with Gasteiger partial charge in [0.25, 0.3) is 5.91 Å². The molecule has 0 saturated heterocycles. The molecule has 8 heteroatoms. The van der Waals surface area contributed by atoms with Crippen molar-refractivity contribution in [3.63, 3.8) is 0 Å². The standard InChI is InChI=1S/C9H8FN5OS/c1-11-8-6(2-5(10)3-12-8)9(16)14-7-4-13-15-17-7/h2-4H,1H3,(H,11,12)(H,14,16). The summed E-state index contributed by atoms with van der Waals surface area (Å²) in [5.74, 6) is -0.731. The summed E-state index contributed by atoms with van der Waals surface area (Å²) in [6.45, 7) is 0. The van der Waals surface area contributed by atoms with Crippen LogP contribution in [0, 0.1) is 5.82 Å². The van der Waals surface area contributed by atoms with Crippen molar-refractivity contribution < 1.29 is 9.18 Å². The number of nitrogens with one attached hydrogen (secondary N) is 2. The van der Waals surface area contributed by atoms with Crippen LogP contribution in [0.3, 0.4) is 0 Å². The highest BCUT2D eigenvalue weighted by atomic mass is 32.1. The molecule has 0 unspecified atom stereocenters. The van der Waals surface area contributed by atoms with Crippen LogP contribution in [0.5, 0.6) is 0 Å². The first kappa shape index (κ1) is 11.4. The Morgan fingerprint density at radius 1 is 1.47 bits per heavy atom. The summed E-state index contributed by atoms with van der Waals surface area (Å²) in [4.78, 5) is 15.6. The van der Waals surface area contributed by atoms with Crippen molar-refractivity contribution in [3.05, 3.63) is 29.8 Å². The Labute approximate surface area is 100 Å². The van der Waals surface area contributed by atoms with Crippen molar-refractivity contribution in [1.29, 1.82) is 0 Å². The lowest BCUT2D eigenvalue weighted by molar-refractivity contribution is 0.102. The average Bonchev–Trinajstić information content (AvgIpc) is 2.81. The highest BCUT2D eigenvalue weighted by Gasteiger charge is 2.14. The summed E-state index contributed by atoms with van der Waals surface area (Å²) in [7, 11) is 1.60. The van der Waals surface area contributed by atoms with Gasteiger partial charge < -0.3 is 10.6 Å². The third kappa shape index (κ3) is 2.53. The average molecular weight is 253 g/mol. The van der Waals surface area contributed by atoms with Gasteiger partial charge in [-0.2, -0.15) is 0 Å². The van der Waals surface area contributed by atoms with Crippen molar-refractivity contribution in [2.45, 2.75) is 0 Å². The molecule has 0 spiro atoms. The van der Waals surface area contributed by atoms with Gasteiger partial charge in [0.05, 0.1) is 18.0 Å². The third-order valence-corrected chi connectivity index (χ3v) is 2.51. The van der Waals surface area contributed by atoms with Crippen LogP contribution in [0.4, 0.5) is 15.2 Å². The lowest BCUT2D eigenvalue weighted by Gasteiger charge is -2.07. The number of pyridine rings is 1. The van der Waals surface area contributed by atoms with Crippen molar-refractivity contribution in [1.82, 2.24) is 14.6 Å². The van der Waals surface area contributed by atoms with Crippen LogP contribution >= 0.6 is 11.5 Å². The molecule has 88 valence electrons. The van der Waals surface area contributed by atoms with Gasteiger partial charge >= 0.3 is 0 Å². The van der Waals surface area contributed by atoms with E-state index in [4.69, 9.17) is 0 Å². The smallest absolute Gasteiger partial charge is 0.260 e. The fraction of sp³-hybridized carbons (Fsp3) is 0.111. The summed E-state index contributed by atoms with van der Waals surface area (Å²) in [5, 5.41) is 9.33. The largest absolute Gasteiger partial charge is 0.372 e. The van der Waals surface area contributed by atoms with E-state index in [1.165, 1.54) is 6.20 Å². The monoisotopic (exact) mass is 253 g/mol. The van der Waals surface area contributed by atoms with E-state index in [1.807, 2.05) is 0 Å². The molecule has 0 aliphatic carbocycles. The molecule has 2 aromatic heterocycles. The van der Waals surface area contributed by atoms with E-state index in [-0.39, 0.29) is 5.56 Å². The second kappa shape index (κ2) is 4.83. The topological polar surface area (TPSA) is 79.8 Å². The van der Waals surface area contributed by atoms with E-state index >= 15 is 0 Å². The fourth-order valence-electron chi connectivity index (χ4n) is 1.21. The number of rotatable bonds is 3. The quantitative estimate of drug-likeness (QED) is 0.863. The molecule has 0 aliphatic rings. The van der Waals surface area contributed by atoms with Gasteiger partial charge in [-0.3, -0.25) is 4.79 Å². The maximum atomic E-state index is 13.0. The Hall–Kier alpha value is -2.09. The Balaban J connectivity index is 2.26. The predicted molar refractivity (Wildman–Crippen MR) is 61.6 cm³/mol. The number of halogens is 1. The first-order valence-corrected chi connectivity index (χ1v) is 5.40. The van der Waals surface area contributed by atoms with Crippen LogP contribution in [-0.2, 0) is 0 Å². The Kier molecular flexibility index (Phi) is 3.24. The zero-order valence-electron chi connectivity index (χ0n) is 8.77. The van der Waals surface area contributed by atoms with E-state index in [9.17, 15) is 9.18 Å². The van der Waals surface area contributed by atoms with E-state index in [0.717, 1.165) is 23.8 Å². The van der Waals surface area contributed by atoms with Gasteiger partial charge in [0.1, 0.15) is 16.6 Å². The molecule has 0 saturated carbocycles. The predicted octanol–water partition coefficient (Wildman–Crippen LogP) is 1.37. The number of amides is 1. The summed E-state index contributed by atoms with van der Waals surface area (Å²) < 4.78 is 16.6. The van der Waals surface area contributed by atoms with Gasteiger partial charge in [-0.15, -0.1) is 5.10 Å². The number of carbonyl (C=O) groups is 1. The number of aromatic nitrogens is 3. The number of anilines is 2. The minimum atomic E-state index is -0.573. The Morgan fingerprint density at radius 2 is 2.29 bits per heavy atom. The molecule has 2 N–H and O–H groups in total. The number of nitrogens with zero attached hydrogens (tertiary/aromatic N) is 3. The SMILES string of the molecule is CNc1ncc(F)cc1C(=O)Nc1cnns1. The van der Waals surface area contributed by atoms with Gasteiger partial charge in [-0.1, -0.05) is 4.49 Å². The van der Waals surface area contributed by atoms with Crippen LogP contribution in [0.2, 0.25) is 0 Å². The van der Waals surface area contributed by atoms with Gasteiger partial charge in [0, 0.05) is 18.6 Å². The van der Waals surface area contributed by atoms with E-state index in [2.05, 4.69) is 25.2 Å². The minimum Gasteiger partial charge on any atom is -0.372 e. The molecule has 1 amide bonds. The first-order valence-electron chi connectivity index (χ1n) is 4.62. The van der Waals surface area contributed by atoms with E-state index < -0.39 is 11.7 Å². The molecule has 0 atom stereocenters. The normalized spacial score (nSPS) is 10.0. The zero-order chi connectivity index (χ0) is 12.3. The fourth-order valence-corrected chi connectivity index (χ4v) is 1.63. The van der Waals surface area contributed by atoms with Crippen molar-refractivity contribution >= 4 is 28.3 Å². The Bertz CT molecular complexity index is 530. The van der Waals surface area contributed by atoms with Crippen LogP contribution < -0.4 is 10.6 Å². The maximum Gasteiger partial charge on any atom is 0.260 e. The van der Waals surface area contributed by atoms with Crippen LogP contribution in [0.15, 0.2) is 18.5 Å². The summed E-state index contributed by atoms with van der Waals surface area (Å²) in [6, 6.07) is 1.11. The van der Waals surface area contributed by atoms with Gasteiger partial charge in [0.2, 0.25) is 0 Å². The summed E-state index contributed by atoms with van der Waals surface area (Å²) in [6.07, 6.45) is 2.45. The van der Waals surface area contributed by atoms with E-state index in [1.54, 1.807) is 7.05 Å². The number of hydrogen-bond acceptors (Lipinski definition) is 6. The van der Waals surface area contributed by atoms with Crippen LogP contribution in [0.1, 0.15) is 10.4 Å². The molecule has 0 fully saturated rings. The zero-order valence-corrected chi connectivity index (χ0v) is 9.58. The molecule has 2 aromatic rings. The molecule has 2 rings (SSSR count). The molecule has 17 heavy (non-hydrogen) atoms. The van der Waals surface area contributed by atoms with Crippen LogP contribution in [-0.4, -0.2) is 27.5 Å². The van der Waals surface area contributed by atoms with E-state index in [0.29, 0.717) is 10.8 Å². The van der Waals surface area contributed by atoms with Gasteiger partial charge in [0.15, 0.2) is 0 Å². The lowest BCUT2D eigenvalue weighted by atomic mass is 10.2. The maximum absolute atomic E-state index is 13.0. The molecule has 6 nitrogen and oxygen atoms in total. The molecule has 0 aliphatic heterocycles. The second-order valence-corrected chi connectivity index (χ2v) is 3.82. The van der Waals surface area contributed by atoms with Gasteiger partial charge in [-0.05, 0) is 6.07 Å². The second-order valence-electron chi connectivity index (χ2n) is 3.04. The summed E-state index contributed by atoms with van der Waals surface area (Å²) >= 11 is 1.04. The molecular weight excluding hydrogens is 245 g/mol. The molecule has 0 radical (unpaired) electrons. The van der Waals surface area contributed by atoms with Gasteiger partial charge in [-0.25, -0.2) is 9.37 Å².